The van der Waals surface area contributed by atoms with Gasteiger partial charge in [-0.3, -0.25) is 0 Å². The van der Waals surface area contributed by atoms with Crippen LogP contribution in [0.15, 0.2) is 55.1 Å². The van der Waals surface area contributed by atoms with Gasteiger partial charge in [0.05, 0.1) is 5.54 Å². The monoisotopic (exact) mass is 347 g/mol. The summed E-state index contributed by atoms with van der Waals surface area (Å²) < 4.78 is 0. The van der Waals surface area contributed by atoms with Crippen molar-refractivity contribution in [3.63, 3.8) is 0 Å². The van der Waals surface area contributed by atoms with Crippen molar-refractivity contribution in [3.8, 4) is 0 Å². The van der Waals surface area contributed by atoms with E-state index < -0.39 is 5.54 Å². The van der Waals surface area contributed by atoms with Crippen molar-refractivity contribution in [2.45, 2.75) is 33.2 Å². The van der Waals surface area contributed by atoms with Crippen molar-refractivity contribution in [3.05, 3.63) is 71.9 Å². The van der Waals surface area contributed by atoms with Crippen LogP contribution in [0.25, 0.3) is 16.5 Å². The summed E-state index contributed by atoms with van der Waals surface area (Å²) in [6, 6.07) is 15.8. The average molecular weight is 347 g/mol. The van der Waals surface area contributed by atoms with Gasteiger partial charge in [0, 0.05) is 22.3 Å². The number of carbonyl (C=O) groups excluding carboxylic acids is 1. The second kappa shape index (κ2) is 6.71. The van der Waals surface area contributed by atoms with Crippen molar-refractivity contribution >= 4 is 28.2 Å². The van der Waals surface area contributed by atoms with Gasteiger partial charge < -0.3 is 15.6 Å². The van der Waals surface area contributed by atoms with E-state index >= 15 is 0 Å². The topological polar surface area (TPSA) is 56.9 Å². The number of aromatic amines is 1. The highest BCUT2D eigenvalue weighted by Crippen LogP contribution is 2.24. The Labute approximate surface area is 154 Å². The molecular formula is C22H25N3O. The number of amides is 2. The van der Waals surface area contributed by atoms with Gasteiger partial charge >= 0.3 is 6.03 Å². The SMILES string of the molecule is C=C(C)c1cccc(C(C)(C)NC(=O)Nc2ccc3[nH]c(C)cc3c2)c1. The molecule has 0 bridgehead atoms. The molecule has 0 spiro atoms. The van der Waals surface area contributed by atoms with E-state index in [0.29, 0.717) is 0 Å². The fraction of sp³-hybridized carbons (Fsp3) is 0.227. The van der Waals surface area contributed by atoms with Crippen LogP contribution in [0, 0.1) is 6.92 Å². The van der Waals surface area contributed by atoms with Crippen molar-refractivity contribution < 1.29 is 4.79 Å². The Bertz CT molecular complexity index is 982. The lowest BCUT2D eigenvalue weighted by Crippen LogP contribution is -2.43. The number of hydrogen-bond donors (Lipinski definition) is 3. The minimum absolute atomic E-state index is 0.234. The maximum Gasteiger partial charge on any atom is 0.319 e. The normalized spacial score (nSPS) is 11.4. The molecule has 0 unspecified atom stereocenters. The maximum absolute atomic E-state index is 12.5. The molecule has 0 atom stereocenters. The number of aryl methyl sites for hydroxylation is 1. The van der Waals surface area contributed by atoms with E-state index in [9.17, 15) is 4.79 Å². The smallest absolute Gasteiger partial charge is 0.319 e. The lowest BCUT2D eigenvalue weighted by molar-refractivity contribution is 0.242. The van der Waals surface area contributed by atoms with E-state index in [4.69, 9.17) is 0 Å². The first-order chi connectivity index (χ1) is 12.2. The Morgan fingerprint density at radius 1 is 1.12 bits per heavy atom. The zero-order chi connectivity index (χ0) is 18.9. The highest BCUT2D eigenvalue weighted by molar-refractivity contribution is 5.93. The minimum atomic E-state index is -0.510. The number of urea groups is 1. The molecule has 0 aliphatic carbocycles. The molecule has 0 saturated heterocycles. The number of anilines is 1. The Morgan fingerprint density at radius 3 is 2.62 bits per heavy atom. The quantitative estimate of drug-likeness (QED) is 0.568. The molecule has 1 heterocycles. The third-order valence-electron chi connectivity index (χ3n) is 4.52. The standard InChI is InChI=1S/C22H25N3O/c1-14(2)16-7-6-8-18(12-16)22(4,5)25-21(26)24-19-9-10-20-17(13-19)11-15(3)23-20/h6-13,23H,1H2,2-5H3,(H2,24,25,26). The molecule has 3 rings (SSSR count). The van der Waals surface area contributed by atoms with Crippen molar-refractivity contribution in [2.24, 2.45) is 0 Å². The number of hydrogen-bond acceptors (Lipinski definition) is 1. The molecule has 26 heavy (non-hydrogen) atoms. The third kappa shape index (κ3) is 3.80. The number of aromatic nitrogens is 1. The van der Waals surface area contributed by atoms with Gasteiger partial charge in [-0.05, 0) is 69.2 Å². The first-order valence-electron chi connectivity index (χ1n) is 8.69. The van der Waals surface area contributed by atoms with Crippen LogP contribution in [0.2, 0.25) is 0 Å². The van der Waals surface area contributed by atoms with Gasteiger partial charge in [0.25, 0.3) is 0 Å². The molecule has 2 aromatic carbocycles. The highest BCUT2D eigenvalue weighted by atomic mass is 16.2. The van der Waals surface area contributed by atoms with Crippen LogP contribution in [-0.2, 0) is 5.54 Å². The second-order valence-corrected chi connectivity index (χ2v) is 7.32. The predicted octanol–water partition coefficient (Wildman–Crippen LogP) is 5.57. The second-order valence-electron chi connectivity index (χ2n) is 7.32. The van der Waals surface area contributed by atoms with Crippen LogP contribution in [0.5, 0.6) is 0 Å². The summed E-state index contributed by atoms with van der Waals surface area (Å²) in [4.78, 5) is 15.8. The van der Waals surface area contributed by atoms with Gasteiger partial charge in [0.2, 0.25) is 0 Å². The molecule has 4 heteroatoms. The van der Waals surface area contributed by atoms with E-state index in [1.807, 2.05) is 64.1 Å². The number of carbonyl (C=O) groups is 1. The number of fused-ring (bicyclic) bond motifs is 1. The van der Waals surface area contributed by atoms with Crippen LogP contribution < -0.4 is 10.6 Å². The number of allylic oxidation sites excluding steroid dienone is 1. The minimum Gasteiger partial charge on any atom is -0.359 e. The largest absolute Gasteiger partial charge is 0.359 e. The number of rotatable bonds is 4. The van der Waals surface area contributed by atoms with Gasteiger partial charge in [0.15, 0.2) is 0 Å². The van der Waals surface area contributed by atoms with Gasteiger partial charge in [-0.25, -0.2) is 4.79 Å². The summed E-state index contributed by atoms with van der Waals surface area (Å²) in [6.45, 7) is 12.0. The van der Waals surface area contributed by atoms with Crippen LogP contribution >= 0.6 is 0 Å². The van der Waals surface area contributed by atoms with Gasteiger partial charge in [-0.15, -0.1) is 0 Å². The average Bonchev–Trinajstić information content (AvgIpc) is 2.93. The third-order valence-corrected chi connectivity index (χ3v) is 4.52. The summed E-state index contributed by atoms with van der Waals surface area (Å²) in [6.07, 6.45) is 0. The maximum atomic E-state index is 12.5. The number of H-pyrrole nitrogens is 1. The Kier molecular flexibility index (Phi) is 4.60. The summed E-state index contributed by atoms with van der Waals surface area (Å²) >= 11 is 0. The summed E-state index contributed by atoms with van der Waals surface area (Å²) in [5, 5.41) is 7.06. The van der Waals surface area contributed by atoms with E-state index in [1.165, 1.54) is 0 Å². The van der Waals surface area contributed by atoms with Crippen molar-refractivity contribution in [2.75, 3.05) is 5.32 Å². The molecule has 1 aromatic heterocycles. The molecule has 0 saturated carbocycles. The summed E-state index contributed by atoms with van der Waals surface area (Å²) in [5.74, 6) is 0. The van der Waals surface area contributed by atoms with Gasteiger partial charge in [-0.2, -0.15) is 0 Å². The fourth-order valence-electron chi connectivity index (χ4n) is 3.05. The molecule has 0 aliphatic heterocycles. The van der Waals surface area contributed by atoms with Crippen LogP contribution in [-0.4, -0.2) is 11.0 Å². The highest BCUT2D eigenvalue weighted by Gasteiger charge is 2.23. The Morgan fingerprint density at radius 2 is 1.88 bits per heavy atom. The van der Waals surface area contributed by atoms with Crippen LogP contribution in [0.1, 0.15) is 37.6 Å². The zero-order valence-electron chi connectivity index (χ0n) is 15.7. The fourth-order valence-corrected chi connectivity index (χ4v) is 3.05. The lowest BCUT2D eigenvalue weighted by Gasteiger charge is -2.27. The summed E-state index contributed by atoms with van der Waals surface area (Å²) in [7, 11) is 0. The zero-order valence-corrected chi connectivity index (χ0v) is 15.7. The molecule has 0 fully saturated rings. The van der Waals surface area contributed by atoms with E-state index in [-0.39, 0.29) is 6.03 Å². The van der Waals surface area contributed by atoms with Gasteiger partial charge in [0.1, 0.15) is 0 Å². The first-order valence-corrected chi connectivity index (χ1v) is 8.69. The van der Waals surface area contributed by atoms with E-state index in [2.05, 4.69) is 34.3 Å². The number of benzene rings is 2. The lowest BCUT2D eigenvalue weighted by atomic mass is 9.92. The molecular weight excluding hydrogens is 322 g/mol. The molecule has 0 radical (unpaired) electrons. The first kappa shape index (κ1) is 17.8. The van der Waals surface area contributed by atoms with Crippen molar-refractivity contribution in [1.29, 1.82) is 0 Å². The number of nitrogens with one attached hydrogen (secondary N) is 3. The molecule has 4 nitrogen and oxygen atoms in total. The van der Waals surface area contributed by atoms with Crippen molar-refractivity contribution in [1.82, 2.24) is 10.3 Å². The summed E-state index contributed by atoms with van der Waals surface area (Å²) in [5.41, 5.74) is 5.52. The van der Waals surface area contributed by atoms with E-state index in [0.717, 1.165) is 39.0 Å². The molecule has 134 valence electrons. The van der Waals surface area contributed by atoms with Crippen LogP contribution in [0.4, 0.5) is 10.5 Å². The van der Waals surface area contributed by atoms with Gasteiger partial charge in [-0.1, -0.05) is 30.4 Å². The Hall–Kier alpha value is -3.01. The molecule has 3 N–H and O–H groups in total. The molecule has 0 aliphatic rings. The predicted molar refractivity (Wildman–Crippen MR) is 109 cm³/mol. The Balaban J connectivity index is 1.75. The molecule has 3 aromatic rings. The molecule has 2 amide bonds. The van der Waals surface area contributed by atoms with Crippen LogP contribution in [0.3, 0.4) is 0 Å². The van der Waals surface area contributed by atoms with E-state index in [1.54, 1.807) is 0 Å².